The Morgan fingerprint density at radius 1 is 1.05 bits per heavy atom. The first-order chi connectivity index (χ1) is 10.2. The molecule has 0 atom stereocenters. The van der Waals surface area contributed by atoms with Gasteiger partial charge in [0.05, 0.1) is 10.7 Å². The van der Waals surface area contributed by atoms with Gasteiger partial charge in [-0.2, -0.15) is 0 Å². The van der Waals surface area contributed by atoms with E-state index in [0.717, 1.165) is 16.3 Å². The Labute approximate surface area is 128 Å². The van der Waals surface area contributed by atoms with Crippen molar-refractivity contribution in [2.24, 2.45) is 0 Å². The molecule has 104 valence electrons. The number of nitrogens with zero attached hydrogens (tertiary/aromatic N) is 1. The third-order valence-electron chi connectivity index (χ3n) is 3.28. The number of carbonyl (C=O) groups is 1. The third-order valence-corrected chi connectivity index (χ3v) is 4.44. The van der Waals surface area contributed by atoms with Crippen molar-refractivity contribution in [3.05, 3.63) is 77.3 Å². The van der Waals surface area contributed by atoms with Gasteiger partial charge >= 0.3 is 0 Å². The Morgan fingerprint density at radius 3 is 2.52 bits per heavy atom. The number of thioether (sulfide) groups is 1. The van der Waals surface area contributed by atoms with Crippen LogP contribution in [0.2, 0.25) is 0 Å². The molecule has 3 heteroatoms. The Kier molecular flexibility index (Phi) is 3.93. The van der Waals surface area contributed by atoms with Gasteiger partial charge in [0, 0.05) is 18.0 Å². The average Bonchev–Trinajstić information content (AvgIpc) is 2.83. The Morgan fingerprint density at radius 2 is 1.76 bits per heavy atom. The van der Waals surface area contributed by atoms with Crippen LogP contribution in [0.5, 0.6) is 0 Å². The summed E-state index contributed by atoms with van der Waals surface area (Å²) in [6.45, 7) is 0. The van der Waals surface area contributed by atoms with Gasteiger partial charge in [0.15, 0.2) is 5.78 Å². The van der Waals surface area contributed by atoms with Crippen molar-refractivity contribution in [3.8, 4) is 0 Å². The van der Waals surface area contributed by atoms with E-state index >= 15 is 0 Å². The molecule has 0 bridgehead atoms. The largest absolute Gasteiger partial charge is 0.338 e. The number of para-hydroxylation sites is 1. The number of allylic oxidation sites excluding steroid dienone is 2. The number of hydrogen-bond acceptors (Lipinski definition) is 3. The zero-order valence-corrected chi connectivity index (χ0v) is 12.5. The molecule has 2 aromatic rings. The van der Waals surface area contributed by atoms with Crippen molar-refractivity contribution >= 4 is 29.3 Å². The van der Waals surface area contributed by atoms with Crippen LogP contribution in [-0.4, -0.2) is 12.8 Å². The van der Waals surface area contributed by atoms with E-state index in [1.54, 1.807) is 23.9 Å². The summed E-state index contributed by atoms with van der Waals surface area (Å²) < 4.78 is 0. The van der Waals surface area contributed by atoms with E-state index < -0.39 is 0 Å². The van der Waals surface area contributed by atoms with Crippen molar-refractivity contribution < 1.29 is 4.79 Å². The molecule has 1 aliphatic heterocycles. The van der Waals surface area contributed by atoms with Crippen LogP contribution in [0.15, 0.2) is 76.7 Å². The van der Waals surface area contributed by atoms with E-state index in [4.69, 9.17) is 0 Å². The molecule has 0 spiro atoms. The first-order valence-corrected chi connectivity index (χ1v) is 7.55. The molecule has 0 aliphatic carbocycles. The van der Waals surface area contributed by atoms with Gasteiger partial charge in [0.2, 0.25) is 0 Å². The third kappa shape index (κ3) is 3.09. The molecule has 0 saturated heterocycles. The number of hydrogen-bond donors (Lipinski definition) is 0. The van der Waals surface area contributed by atoms with Crippen molar-refractivity contribution in [1.82, 2.24) is 0 Å². The summed E-state index contributed by atoms with van der Waals surface area (Å²) in [5, 5.41) is 0.957. The lowest BCUT2D eigenvalue weighted by molar-refractivity contribution is -0.110. The molecule has 0 N–H and O–H groups in total. The van der Waals surface area contributed by atoms with E-state index in [-0.39, 0.29) is 5.78 Å². The second-order valence-electron chi connectivity index (χ2n) is 4.76. The van der Waals surface area contributed by atoms with Gasteiger partial charge in [0.25, 0.3) is 0 Å². The molecule has 21 heavy (non-hydrogen) atoms. The minimum absolute atomic E-state index is 0.000934. The number of benzene rings is 2. The summed E-state index contributed by atoms with van der Waals surface area (Å²) in [5.41, 5.74) is 2.17. The standard InChI is InChI=1S/C18H15NOS/c1-19-16-9-5-6-10-17(16)21-18(19)13-15(20)12-11-14-7-3-2-4-8-14/h2-13H,1H3/b12-11+,18-13+. The average molecular weight is 293 g/mol. The fourth-order valence-corrected chi connectivity index (χ4v) is 3.25. The van der Waals surface area contributed by atoms with Gasteiger partial charge in [-0.1, -0.05) is 60.3 Å². The lowest BCUT2D eigenvalue weighted by Gasteiger charge is -2.12. The second kappa shape index (κ2) is 6.02. The SMILES string of the molecule is CN1/C(=C\C(=O)/C=C/c2ccccc2)Sc2ccccc21. The van der Waals surface area contributed by atoms with E-state index in [1.807, 2.05) is 60.5 Å². The summed E-state index contributed by atoms with van der Waals surface area (Å²) in [4.78, 5) is 15.3. The van der Waals surface area contributed by atoms with Gasteiger partial charge in [-0.25, -0.2) is 0 Å². The van der Waals surface area contributed by atoms with Gasteiger partial charge in [-0.15, -0.1) is 0 Å². The lowest BCUT2D eigenvalue weighted by Crippen LogP contribution is -2.10. The highest BCUT2D eigenvalue weighted by Gasteiger charge is 2.21. The number of fused-ring (bicyclic) bond motifs is 1. The monoisotopic (exact) mass is 293 g/mol. The minimum Gasteiger partial charge on any atom is -0.338 e. The molecular weight excluding hydrogens is 278 g/mol. The second-order valence-corrected chi connectivity index (χ2v) is 5.82. The first kappa shape index (κ1) is 13.7. The highest BCUT2D eigenvalue weighted by molar-refractivity contribution is 8.03. The highest BCUT2D eigenvalue weighted by atomic mass is 32.2. The quantitative estimate of drug-likeness (QED) is 0.785. The van der Waals surface area contributed by atoms with Crippen molar-refractivity contribution in [3.63, 3.8) is 0 Å². The molecule has 0 fully saturated rings. The van der Waals surface area contributed by atoms with Crippen LogP contribution >= 0.6 is 11.8 Å². The summed E-state index contributed by atoms with van der Waals surface area (Å²) in [5.74, 6) is 0.000934. The summed E-state index contributed by atoms with van der Waals surface area (Å²) in [6.07, 6.45) is 5.13. The Balaban J connectivity index is 1.75. The predicted molar refractivity (Wildman–Crippen MR) is 89.3 cm³/mol. The molecular formula is C18H15NOS. The fraction of sp³-hybridized carbons (Fsp3) is 0.0556. The van der Waals surface area contributed by atoms with Crippen LogP contribution in [0.25, 0.3) is 6.08 Å². The van der Waals surface area contributed by atoms with E-state index in [2.05, 4.69) is 12.1 Å². The first-order valence-electron chi connectivity index (χ1n) is 6.73. The van der Waals surface area contributed by atoms with Crippen LogP contribution in [0.3, 0.4) is 0 Å². The fourth-order valence-electron chi connectivity index (χ4n) is 2.16. The molecule has 0 radical (unpaired) electrons. The smallest absolute Gasteiger partial charge is 0.181 e. The zero-order chi connectivity index (χ0) is 14.7. The highest BCUT2D eigenvalue weighted by Crippen LogP contribution is 2.44. The molecule has 0 unspecified atom stereocenters. The maximum atomic E-state index is 12.1. The maximum Gasteiger partial charge on any atom is 0.181 e. The van der Waals surface area contributed by atoms with Crippen LogP contribution in [0.4, 0.5) is 5.69 Å². The van der Waals surface area contributed by atoms with E-state index in [9.17, 15) is 4.79 Å². The van der Waals surface area contributed by atoms with Crippen molar-refractivity contribution in [2.45, 2.75) is 4.90 Å². The van der Waals surface area contributed by atoms with Gasteiger partial charge in [-0.05, 0) is 23.8 Å². The molecule has 0 aromatic heterocycles. The van der Waals surface area contributed by atoms with Crippen LogP contribution in [0.1, 0.15) is 5.56 Å². The molecule has 0 saturated carbocycles. The lowest BCUT2D eigenvalue weighted by atomic mass is 10.2. The van der Waals surface area contributed by atoms with Crippen molar-refractivity contribution in [1.29, 1.82) is 0 Å². The van der Waals surface area contributed by atoms with Gasteiger partial charge in [0.1, 0.15) is 0 Å². The molecule has 2 nitrogen and oxygen atoms in total. The molecule has 1 aliphatic rings. The summed E-state index contributed by atoms with van der Waals surface area (Å²) in [6, 6.07) is 18.0. The van der Waals surface area contributed by atoms with E-state index in [0.29, 0.717) is 0 Å². The van der Waals surface area contributed by atoms with E-state index in [1.165, 1.54) is 4.90 Å². The normalized spacial score (nSPS) is 15.7. The molecule has 1 heterocycles. The molecule has 2 aromatic carbocycles. The molecule has 0 amide bonds. The minimum atomic E-state index is 0.000934. The Hall–Kier alpha value is -2.26. The number of rotatable bonds is 3. The van der Waals surface area contributed by atoms with Gasteiger partial charge in [-0.3, -0.25) is 4.79 Å². The van der Waals surface area contributed by atoms with Crippen molar-refractivity contribution in [2.75, 3.05) is 11.9 Å². The number of carbonyl (C=O) groups excluding carboxylic acids is 1. The van der Waals surface area contributed by atoms with Crippen LogP contribution in [0, 0.1) is 0 Å². The predicted octanol–water partition coefficient (Wildman–Crippen LogP) is 4.35. The topological polar surface area (TPSA) is 20.3 Å². The molecule has 3 rings (SSSR count). The van der Waals surface area contributed by atoms with Gasteiger partial charge < -0.3 is 4.90 Å². The van der Waals surface area contributed by atoms with Crippen LogP contribution < -0.4 is 4.90 Å². The summed E-state index contributed by atoms with van der Waals surface area (Å²) >= 11 is 1.63. The zero-order valence-electron chi connectivity index (χ0n) is 11.7. The van der Waals surface area contributed by atoms with Crippen LogP contribution in [-0.2, 0) is 4.79 Å². The summed E-state index contributed by atoms with van der Waals surface area (Å²) in [7, 11) is 1.98. The maximum absolute atomic E-state index is 12.1. The number of ketones is 1. The Bertz CT molecular complexity index is 719. The number of anilines is 1.